The number of amides is 1. The third kappa shape index (κ3) is 2.25. The van der Waals surface area contributed by atoms with E-state index in [1.54, 1.807) is 11.6 Å². The Bertz CT molecular complexity index is 500. The number of hydrogen-bond donors (Lipinski definition) is 2. The number of hydrogen-bond acceptors (Lipinski definition) is 4. The average Bonchev–Trinajstić information content (AvgIpc) is 2.84. The van der Waals surface area contributed by atoms with Gasteiger partial charge in [-0.25, -0.2) is 4.98 Å². The van der Waals surface area contributed by atoms with Gasteiger partial charge in [0.1, 0.15) is 5.82 Å². The fourth-order valence-corrected chi connectivity index (χ4v) is 1.25. The second-order valence-corrected chi connectivity index (χ2v) is 3.41. The van der Waals surface area contributed by atoms with E-state index in [4.69, 9.17) is 0 Å². The molecule has 0 aliphatic rings. The highest BCUT2D eigenvalue weighted by molar-refractivity contribution is 5.90. The first kappa shape index (κ1) is 10.3. The zero-order valence-electron chi connectivity index (χ0n) is 9.06. The smallest absolute Gasteiger partial charge is 0.291 e. The maximum absolute atomic E-state index is 11.5. The van der Waals surface area contributed by atoms with Crippen molar-refractivity contribution in [1.29, 1.82) is 0 Å². The third-order valence-electron chi connectivity index (χ3n) is 2.00. The van der Waals surface area contributed by atoms with E-state index in [1.807, 2.05) is 19.3 Å². The largest absolute Gasteiger partial charge is 0.344 e. The van der Waals surface area contributed by atoms with Gasteiger partial charge in [-0.3, -0.25) is 14.6 Å². The van der Waals surface area contributed by atoms with Crippen LogP contribution in [-0.2, 0) is 13.6 Å². The quantitative estimate of drug-likeness (QED) is 0.748. The van der Waals surface area contributed by atoms with Crippen LogP contribution in [-0.4, -0.2) is 30.9 Å². The molecule has 2 rings (SSSR count). The molecule has 2 N–H and O–H groups in total. The van der Waals surface area contributed by atoms with E-state index in [0.29, 0.717) is 12.4 Å². The number of aromatic nitrogens is 5. The van der Waals surface area contributed by atoms with E-state index in [-0.39, 0.29) is 11.7 Å². The number of rotatable bonds is 3. The van der Waals surface area contributed by atoms with Crippen molar-refractivity contribution in [1.82, 2.24) is 30.3 Å². The number of nitrogens with zero attached hydrogens (tertiary/aromatic N) is 4. The molecule has 0 fully saturated rings. The fourth-order valence-electron chi connectivity index (χ4n) is 1.25. The van der Waals surface area contributed by atoms with Crippen molar-refractivity contribution in [2.24, 2.45) is 7.05 Å². The van der Waals surface area contributed by atoms with Crippen molar-refractivity contribution in [2.45, 2.75) is 13.5 Å². The second kappa shape index (κ2) is 4.13. The number of nitrogens with one attached hydrogen (secondary N) is 2. The van der Waals surface area contributed by atoms with Gasteiger partial charge in [0.05, 0.1) is 12.2 Å². The van der Waals surface area contributed by atoms with Crippen molar-refractivity contribution in [3.05, 3.63) is 29.6 Å². The summed E-state index contributed by atoms with van der Waals surface area (Å²) in [6.45, 7) is 2.11. The zero-order valence-corrected chi connectivity index (χ0v) is 9.06. The summed E-state index contributed by atoms with van der Waals surface area (Å²) in [6, 6.07) is 1.84. The highest BCUT2D eigenvalue weighted by Gasteiger charge is 2.10. The number of carbonyl (C=O) groups is 1. The van der Waals surface area contributed by atoms with Crippen molar-refractivity contribution < 1.29 is 4.79 Å². The Labute approximate surface area is 91.9 Å². The normalized spacial score (nSPS) is 10.4. The molecule has 0 aliphatic heterocycles. The van der Waals surface area contributed by atoms with Crippen molar-refractivity contribution in [3.63, 3.8) is 0 Å². The van der Waals surface area contributed by atoms with Crippen LogP contribution in [0.15, 0.2) is 12.3 Å². The Morgan fingerprint density at radius 1 is 1.62 bits per heavy atom. The zero-order chi connectivity index (χ0) is 11.5. The Morgan fingerprint density at radius 2 is 2.44 bits per heavy atom. The number of H-pyrrole nitrogens is 1. The molecule has 0 saturated heterocycles. The van der Waals surface area contributed by atoms with E-state index in [9.17, 15) is 4.79 Å². The van der Waals surface area contributed by atoms with Crippen LogP contribution in [0.1, 0.15) is 22.1 Å². The lowest BCUT2D eigenvalue weighted by Crippen LogP contribution is -2.24. The molecule has 0 atom stereocenters. The molecule has 16 heavy (non-hydrogen) atoms. The van der Waals surface area contributed by atoms with Gasteiger partial charge in [-0.15, -0.1) is 5.10 Å². The lowest BCUT2D eigenvalue weighted by Gasteiger charge is -1.98. The first-order chi connectivity index (χ1) is 7.65. The van der Waals surface area contributed by atoms with Crippen LogP contribution in [0.3, 0.4) is 0 Å². The van der Waals surface area contributed by atoms with Crippen LogP contribution in [0.2, 0.25) is 0 Å². The van der Waals surface area contributed by atoms with Gasteiger partial charge in [-0.1, -0.05) is 0 Å². The van der Waals surface area contributed by atoms with E-state index < -0.39 is 0 Å². The van der Waals surface area contributed by atoms with E-state index >= 15 is 0 Å². The molecule has 7 nitrogen and oxygen atoms in total. The molecule has 2 aromatic rings. The lowest BCUT2D eigenvalue weighted by molar-refractivity contribution is 0.0940. The van der Waals surface area contributed by atoms with E-state index in [1.165, 1.54) is 0 Å². The molecule has 84 valence electrons. The molecule has 7 heteroatoms. The lowest BCUT2D eigenvalue weighted by atomic mass is 10.4. The summed E-state index contributed by atoms with van der Waals surface area (Å²) in [6.07, 6.45) is 1.82. The molecule has 2 aromatic heterocycles. The minimum Gasteiger partial charge on any atom is -0.344 e. The standard InChI is InChI=1S/C9H12N6O/c1-6-11-8(13-12-6)9(16)10-5-7-3-4-15(2)14-7/h3-4H,5H2,1-2H3,(H,10,16)(H,11,12,13). The highest BCUT2D eigenvalue weighted by Crippen LogP contribution is 1.95. The van der Waals surface area contributed by atoms with E-state index in [0.717, 1.165) is 5.69 Å². The first-order valence-electron chi connectivity index (χ1n) is 4.81. The van der Waals surface area contributed by atoms with Crippen molar-refractivity contribution in [3.8, 4) is 0 Å². The molecule has 0 aromatic carbocycles. The van der Waals surface area contributed by atoms with Gasteiger partial charge in [0.15, 0.2) is 0 Å². The SMILES string of the molecule is Cc1nc(C(=O)NCc2ccn(C)n2)n[nH]1. The third-order valence-corrected chi connectivity index (χ3v) is 2.00. The molecule has 0 bridgehead atoms. The summed E-state index contributed by atoms with van der Waals surface area (Å²) >= 11 is 0. The first-order valence-corrected chi connectivity index (χ1v) is 4.81. The summed E-state index contributed by atoms with van der Waals surface area (Å²) in [5.74, 6) is 0.450. The molecule has 0 aliphatic carbocycles. The molecule has 2 heterocycles. The summed E-state index contributed by atoms with van der Waals surface area (Å²) in [4.78, 5) is 15.5. The molecule has 0 radical (unpaired) electrons. The number of aryl methyl sites for hydroxylation is 2. The van der Waals surface area contributed by atoms with Gasteiger partial charge in [-0.2, -0.15) is 5.10 Å². The molecule has 0 unspecified atom stereocenters. The van der Waals surface area contributed by atoms with Crippen LogP contribution in [0.4, 0.5) is 0 Å². The van der Waals surface area contributed by atoms with Gasteiger partial charge in [-0.05, 0) is 13.0 Å². The highest BCUT2D eigenvalue weighted by atomic mass is 16.2. The molecule has 0 saturated carbocycles. The van der Waals surface area contributed by atoms with Crippen LogP contribution in [0, 0.1) is 6.92 Å². The second-order valence-electron chi connectivity index (χ2n) is 3.41. The van der Waals surface area contributed by atoms with E-state index in [2.05, 4.69) is 25.6 Å². The van der Waals surface area contributed by atoms with Crippen LogP contribution in [0.5, 0.6) is 0 Å². The minimum absolute atomic E-state index is 0.147. The summed E-state index contributed by atoms with van der Waals surface area (Å²) in [5.41, 5.74) is 0.795. The number of carbonyl (C=O) groups excluding carboxylic acids is 1. The maximum atomic E-state index is 11.5. The average molecular weight is 220 g/mol. The van der Waals surface area contributed by atoms with Gasteiger partial charge in [0.2, 0.25) is 5.82 Å². The van der Waals surface area contributed by atoms with Crippen LogP contribution < -0.4 is 5.32 Å². The van der Waals surface area contributed by atoms with Crippen molar-refractivity contribution in [2.75, 3.05) is 0 Å². The van der Waals surface area contributed by atoms with Gasteiger partial charge < -0.3 is 5.32 Å². The predicted octanol–water partition coefficient (Wildman–Crippen LogP) is -0.223. The Morgan fingerprint density at radius 3 is 3.00 bits per heavy atom. The molecule has 0 spiro atoms. The van der Waals surface area contributed by atoms with Gasteiger partial charge >= 0.3 is 0 Å². The fraction of sp³-hybridized carbons (Fsp3) is 0.333. The molecule has 1 amide bonds. The summed E-state index contributed by atoms with van der Waals surface area (Å²) in [7, 11) is 1.82. The Hall–Kier alpha value is -2.18. The predicted molar refractivity (Wildman–Crippen MR) is 55.5 cm³/mol. The van der Waals surface area contributed by atoms with Gasteiger partial charge in [0, 0.05) is 13.2 Å². The van der Waals surface area contributed by atoms with Gasteiger partial charge in [0.25, 0.3) is 5.91 Å². The summed E-state index contributed by atoms with van der Waals surface area (Å²) < 4.78 is 1.68. The monoisotopic (exact) mass is 220 g/mol. The Kier molecular flexibility index (Phi) is 2.67. The van der Waals surface area contributed by atoms with Crippen LogP contribution in [0.25, 0.3) is 0 Å². The van der Waals surface area contributed by atoms with Crippen molar-refractivity contribution >= 4 is 5.91 Å². The van der Waals surface area contributed by atoms with Crippen LogP contribution >= 0.6 is 0 Å². The topological polar surface area (TPSA) is 88.5 Å². The number of aromatic amines is 1. The Balaban J connectivity index is 1.93. The summed E-state index contributed by atoms with van der Waals surface area (Å²) in [5, 5.41) is 13.2. The molecular weight excluding hydrogens is 208 g/mol. The molecular formula is C9H12N6O. The maximum Gasteiger partial charge on any atom is 0.291 e. The minimum atomic E-state index is -0.310.